The summed E-state index contributed by atoms with van der Waals surface area (Å²) in [5.74, 6) is -0.589. The Labute approximate surface area is 174 Å². The highest BCUT2D eigenvalue weighted by Gasteiger charge is 2.48. The standard InChI is InChI=1S/C18H23ClN4O5S/c1-18(16(25)21-17(26)22-18)12-7-10-23(11-8-12)15(24)6-9-20-29(27,28)14-5-3-2-4-13(14)19/h2-5,12,20H,6-11H2,1H3,(H2,21,22,25,26)/t18-/m1/s1. The molecule has 2 aliphatic rings. The Bertz CT molecular complexity index is 930. The molecule has 1 atom stereocenters. The number of carbonyl (C=O) groups is 3. The second kappa shape index (κ2) is 8.29. The molecular weight excluding hydrogens is 420 g/mol. The van der Waals surface area contributed by atoms with Gasteiger partial charge in [-0.2, -0.15) is 0 Å². The van der Waals surface area contributed by atoms with Gasteiger partial charge in [0.2, 0.25) is 15.9 Å². The van der Waals surface area contributed by atoms with Gasteiger partial charge in [-0.25, -0.2) is 17.9 Å². The molecule has 4 amide bonds. The molecule has 0 spiro atoms. The Morgan fingerprint density at radius 1 is 1.28 bits per heavy atom. The first kappa shape index (κ1) is 21.5. The van der Waals surface area contributed by atoms with E-state index in [-0.39, 0.29) is 40.6 Å². The minimum atomic E-state index is -3.79. The van der Waals surface area contributed by atoms with Gasteiger partial charge in [0.05, 0.1) is 5.02 Å². The maximum absolute atomic E-state index is 12.4. The van der Waals surface area contributed by atoms with Crippen molar-refractivity contribution in [3.05, 3.63) is 29.3 Å². The molecule has 0 aromatic heterocycles. The molecule has 29 heavy (non-hydrogen) atoms. The molecule has 0 aliphatic carbocycles. The number of hydrogen-bond donors (Lipinski definition) is 3. The molecule has 11 heteroatoms. The van der Waals surface area contributed by atoms with Crippen molar-refractivity contribution in [1.29, 1.82) is 0 Å². The summed E-state index contributed by atoms with van der Waals surface area (Å²) < 4.78 is 27.0. The molecule has 2 fully saturated rings. The third kappa shape index (κ3) is 4.54. The van der Waals surface area contributed by atoms with Crippen molar-refractivity contribution in [2.24, 2.45) is 5.92 Å². The topological polar surface area (TPSA) is 125 Å². The lowest BCUT2D eigenvalue weighted by Crippen LogP contribution is -2.54. The zero-order chi connectivity index (χ0) is 21.2. The van der Waals surface area contributed by atoms with Crippen LogP contribution < -0.4 is 15.4 Å². The van der Waals surface area contributed by atoms with Gasteiger partial charge in [0.1, 0.15) is 10.4 Å². The molecule has 0 bridgehead atoms. The molecule has 2 heterocycles. The summed E-state index contributed by atoms with van der Waals surface area (Å²) >= 11 is 5.92. The second-order valence-corrected chi connectivity index (χ2v) is 9.49. The quantitative estimate of drug-likeness (QED) is 0.563. The zero-order valence-corrected chi connectivity index (χ0v) is 17.5. The summed E-state index contributed by atoms with van der Waals surface area (Å²) in [5, 5.41) is 5.04. The molecule has 158 valence electrons. The summed E-state index contributed by atoms with van der Waals surface area (Å²) in [4.78, 5) is 37.5. The van der Waals surface area contributed by atoms with Crippen molar-refractivity contribution in [3.63, 3.8) is 0 Å². The van der Waals surface area contributed by atoms with Crippen LogP contribution in [0.4, 0.5) is 4.79 Å². The van der Waals surface area contributed by atoms with E-state index in [1.807, 2.05) is 0 Å². The Morgan fingerprint density at radius 3 is 2.52 bits per heavy atom. The summed E-state index contributed by atoms with van der Waals surface area (Å²) in [6, 6.07) is 5.59. The van der Waals surface area contributed by atoms with E-state index in [0.29, 0.717) is 25.9 Å². The molecule has 0 radical (unpaired) electrons. The Morgan fingerprint density at radius 2 is 1.93 bits per heavy atom. The number of likely N-dealkylation sites (tertiary alicyclic amines) is 1. The van der Waals surface area contributed by atoms with Crippen LogP contribution in [0.15, 0.2) is 29.2 Å². The summed E-state index contributed by atoms with van der Waals surface area (Å²) in [6.07, 6.45) is 1.16. The van der Waals surface area contributed by atoms with E-state index in [1.165, 1.54) is 12.1 Å². The minimum absolute atomic E-state index is 0.0167. The van der Waals surface area contributed by atoms with Crippen molar-refractivity contribution >= 4 is 39.5 Å². The average Bonchev–Trinajstić information content (AvgIpc) is 2.94. The van der Waals surface area contributed by atoms with Crippen molar-refractivity contribution in [3.8, 4) is 0 Å². The lowest BCUT2D eigenvalue weighted by Gasteiger charge is -2.38. The molecule has 1 aromatic carbocycles. The van der Waals surface area contributed by atoms with Gasteiger partial charge in [0.15, 0.2) is 0 Å². The monoisotopic (exact) mass is 442 g/mol. The first-order valence-electron chi connectivity index (χ1n) is 9.29. The van der Waals surface area contributed by atoms with E-state index >= 15 is 0 Å². The highest BCUT2D eigenvalue weighted by atomic mass is 35.5. The predicted octanol–water partition coefficient (Wildman–Crippen LogP) is 0.845. The lowest BCUT2D eigenvalue weighted by atomic mass is 9.79. The first-order valence-corrected chi connectivity index (χ1v) is 11.1. The van der Waals surface area contributed by atoms with E-state index < -0.39 is 21.6 Å². The number of carbonyl (C=O) groups excluding carboxylic acids is 3. The largest absolute Gasteiger partial charge is 0.343 e. The number of benzene rings is 1. The van der Waals surface area contributed by atoms with Crippen LogP contribution >= 0.6 is 11.6 Å². The fraction of sp³-hybridized carbons (Fsp3) is 0.500. The number of hydrogen-bond acceptors (Lipinski definition) is 5. The van der Waals surface area contributed by atoms with Crippen LogP contribution in [-0.2, 0) is 19.6 Å². The van der Waals surface area contributed by atoms with Crippen LogP contribution in [0.1, 0.15) is 26.2 Å². The second-order valence-electron chi connectivity index (χ2n) is 7.34. The maximum atomic E-state index is 12.4. The first-order chi connectivity index (χ1) is 13.6. The average molecular weight is 443 g/mol. The van der Waals surface area contributed by atoms with Crippen molar-refractivity contribution in [2.45, 2.75) is 36.6 Å². The smallest absolute Gasteiger partial charge is 0.322 e. The molecule has 2 aliphatic heterocycles. The molecule has 0 saturated carbocycles. The molecular formula is C18H23ClN4O5S. The predicted molar refractivity (Wildman–Crippen MR) is 106 cm³/mol. The number of nitrogens with zero attached hydrogens (tertiary/aromatic N) is 1. The third-order valence-corrected chi connectivity index (χ3v) is 7.45. The number of imide groups is 1. The summed E-state index contributed by atoms with van der Waals surface area (Å²) in [6.45, 7) is 2.54. The van der Waals surface area contributed by atoms with Gasteiger partial charge in [0.25, 0.3) is 5.91 Å². The minimum Gasteiger partial charge on any atom is -0.343 e. The number of urea groups is 1. The number of sulfonamides is 1. The number of halogens is 1. The Balaban J connectivity index is 1.49. The van der Waals surface area contributed by atoms with Crippen LogP contribution in [0.3, 0.4) is 0 Å². The summed E-state index contributed by atoms with van der Waals surface area (Å²) in [7, 11) is -3.79. The Hall–Kier alpha value is -2.17. The van der Waals surface area contributed by atoms with Crippen molar-refractivity contribution in [1.82, 2.24) is 20.3 Å². The van der Waals surface area contributed by atoms with Gasteiger partial charge < -0.3 is 10.2 Å². The summed E-state index contributed by atoms with van der Waals surface area (Å²) in [5.41, 5.74) is -0.962. The van der Waals surface area contributed by atoms with E-state index in [4.69, 9.17) is 11.6 Å². The van der Waals surface area contributed by atoms with E-state index in [2.05, 4.69) is 15.4 Å². The van der Waals surface area contributed by atoms with Crippen molar-refractivity contribution < 1.29 is 22.8 Å². The molecule has 3 rings (SSSR count). The Kier molecular flexibility index (Phi) is 6.16. The van der Waals surface area contributed by atoms with Gasteiger partial charge in [-0.05, 0) is 37.8 Å². The highest BCUT2D eigenvalue weighted by Crippen LogP contribution is 2.30. The zero-order valence-electron chi connectivity index (χ0n) is 15.9. The lowest BCUT2D eigenvalue weighted by molar-refractivity contribution is -0.133. The molecule has 0 unspecified atom stereocenters. The number of amides is 4. The maximum Gasteiger partial charge on any atom is 0.322 e. The SMILES string of the molecule is C[C@]1(C2CCN(C(=O)CCNS(=O)(=O)c3ccccc3Cl)CC2)NC(=O)NC1=O. The number of nitrogens with one attached hydrogen (secondary N) is 3. The third-order valence-electron chi connectivity index (χ3n) is 5.49. The molecule has 9 nitrogen and oxygen atoms in total. The van der Waals surface area contributed by atoms with Crippen LogP contribution in [0, 0.1) is 5.92 Å². The van der Waals surface area contributed by atoms with Crippen LogP contribution in [0.2, 0.25) is 5.02 Å². The number of piperidine rings is 1. The normalized spacial score (nSPS) is 23.0. The van der Waals surface area contributed by atoms with Gasteiger partial charge >= 0.3 is 6.03 Å². The van der Waals surface area contributed by atoms with Crippen LogP contribution in [0.5, 0.6) is 0 Å². The van der Waals surface area contributed by atoms with Gasteiger partial charge in [-0.1, -0.05) is 23.7 Å². The van der Waals surface area contributed by atoms with Gasteiger partial charge in [0, 0.05) is 26.1 Å². The molecule has 3 N–H and O–H groups in total. The molecule has 2 saturated heterocycles. The van der Waals surface area contributed by atoms with Gasteiger partial charge in [-0.3, -0.25) is 14.9 Å². The van der Waals surface area contributed by atoms with E-state index in [1.54, 1.807) is 24.0 Å². The fourth-order valence-electron chi connectivity index (χ4n) is 3.74. The fourth-order valence-corrected chi connectivity index (χ4v) is 5.29. The number of rotatable bonds is 6. The van der Waals surface area contributed by atoms with E-state index in [9.17, 15) is 22.8 Å². The molecule has 1 aromatic rings. The van der Waals surface area contributed by atoms with E-state index in [0.717, 1.165) is 0 Å². The highest BCUT2D eigenvalue weighted by molar-refractivity contribution is 7.89. The van der Waals surface area contributed by atoms with Crippen LogP contribution in [0.25, 0.3) is 0 Å². The van der Waals surface area contributed by atoms with Crippen LogP contribution in [-0.4, -0.2) is 56.3 Å². The van der Waals surface area contributed by atoms with Crippen molar-refractivity contribution in [2.75, 3.05) is 19.6 Å². The van der Waals surface area contributed by atoms with Gasteiger partial charge in [-0.15, -0.1) is 0 Å².